The van der Waals surface area contributed by atoms with Crippen molar-refractivity contribution in [2.45, 2.75) is 26.3 Å². The zero-order valence-corrected chi connectivity index (χ0v) is 9.75. The third-order valence-electron chi connectivity index (χ3n) is 2.57. The highest BCUT2D eigenvalue weighted by molar-refractivity contribution is 7.16. The van der Waals surface area contributed by atoms with Crippen LogP contribution < -0.4 is 5.32 Å². The molecule has 5 nitrogen and oxygen atoms in total. The predicted molar refractivity (Wildman–Crippen MR) is 60.2 cm³/mol. The van der Waals surface area contributed by atoms with Gasteiger partial charge in [-0.25, -0.2) is 9.50 Å². The highest BCUT2D eigenvalue weighted by Gasteiger charge is 2.29. The van der Waals surface area contributed by atoms with Gasteiger partial charge in [-0.05, 0) is 19.8 Å². The average molecular weight is 236 g/mol. The van der Waals surface area contributed by atoms with Crippen LogP contribution in [0.3, 0.4) is 0 Å². The quantitative estimate of drug-likeness (QED) is 0.869. The van der Waals surface area contributed by atoms with Gasteiger partial charge in [-0.3, -0.25) is 4.79 Å². The summed E-state index contributed by atoms with van der Waals surface area (Å²) < 4.78 is 1.76. The Labute approximate surface area is 96.5 Å². The van der Waals surface area contributed by atoms with Gasteiger partial charge in [0.2, 0.25) is 10.9 Å². The Morgan fingerprint density at radius 2 is 2.50 bits per heavy atom. The summed E-state index contributed by atoms with van der Waals surface area (Å²) in [6.07, 6.45) is 3.95. The minimum Gasteiger partial charge on any atom is -0.349 e. The number of amides is 1. The maximum absolute atomic E-state index is 11.4. The first kappa shape index (κ1) is 9.77. The second-order valence-corrected chi connectivity index (χ2v) is 5.14. The van der Waals surface area contributed by atoms with Crippen molar-refractivity contribution in [1.82, 2.24) is 19.9 Å². The number of imidazole rings is 1. The van der Waals surface area contributed by atoms with E-state index in [0.717, 1.165) is 28.5 Å². The summed E-state index contributed by atoms with van der Waals surface area (Å²) in [5.74, 6) is 0.412. The van der Waals surface area contributed by atoms with Gasteiger partial charge in [-0.2, -0.15) is 5.10 Å². The Bertz CT molecular complexity index is 508. The lowest BCUT2D eigenvalue weighted by molar-refractivity contribution is -0.122. The molecule has 6 heteroatoms. The van der Waals surface area contributed by atoms with Crippen LogP contribution in [-0.2, 0) is 11.3 Å². The number of fused-ring (bicyclic) bond motifs is 1. The van der Waals surface area contributed by atoms with E-state index in [1.165, 1.54) is 11.3 Å². The lowest BCUT2D eigenvalue weighted by Crippen LogP contribution is -2.24. The van der Waals surface area contributed by atoms with Crippen LogP contribution in [0, 0.1) is 12.8 Å². The maximum atomic E-state index is 11.4. The molecule has 0 bridgehead atoms. The van der Waals surface area contributed by atoms with Crippen LogP contribution in [0.1, 0.15) is 23.5 Å². The van der Waals surface area contributed by atoms with Gasteiger partial charge >= 0.3 is 0 Å². The molecule has 0 atom stereocenters. The Morgan fingerprint density at radius 1 is 1.69 bits per heavy atom. The summed E-state index contributed by atoms with van der Waals surface area (Å²) >= 11 is 1.52. The van der Waals surface area contributed by atoms with E-state index >= 15 is 0 Å². The zero-order valence-electron chi connectivity index (χ0n) is 8.93. The van der Waals surface area contributed by atoms with E-state index in [4.69, 9.17) is 0 Å². The summed E-state index contributed by atoms with van der Waals surface area (Å²) in [5, 5.41) is 8.14. The van der Waals surface area contributed by atoms with Gasteiger partial charge in [0.15, 0.2) is 0 Å². The molecule has 1 aliphatic rings. The van der Waals surface area contributed by atoms with E-state index in [9.17, 15) is 4.79 Å². The van der Waals surface area contributed by atoms with E-state index in [0.29, 0.717) is 6.54 Å². The number of nitrogens with zero attached hydrogens (tertiary/aromatic N) is 3. The van der Waals surface area contributed by atoms with Gasteiger partial charge in [0.05, 0.1) is 18.4 Å². The first-order chi connectivity index (χ1) is 7.72. The van der Waals surface area contributed by atoms with Crippen molar-refractivity contribution in [3.05, 3.63) is 16.9 Å². The lowest BCUT2D eigenvalue weighted by Gasteiger charge is -1.99. The topological polar surface area (TPSA) is 59.3 Å². The van der Waals surface area contributed by atoms with E-state index in [1.54, 1.807) is 4.52 Å². The van der Waals surface area contributed by atoms with Gasteiger partial charge in [-0.1, -0.05) is 11.3 Å². The molecule has 84 valence electrons. The first-order valence-corrected chi connectivity index (χ1v) is 6.13. The fourth-order valence-electron chi connectivity index (χ4n) is 1.57. The van der Waals surface area contributed by atoms with Crippen LogP contribution in [0.15, 0.2) is 6.20 Å². The smallest absolute Gasteiger partial charge is 0.223 e. The second kappa shape index (κ2) is 3.55. The van der Waals surface area contributed by atoms with Gasteiger partial charge in [0.25, 0.3) is 0 Å². The Balaban J connectivity index is 1.69. The number of carbonyl (C=O) groups excluding carboxylic acids is 1. The number of nitrogens with one attached hydrogen (secondary N) is 1. The third kappa shape index (κ3) is 1.80. The molecule has 1 amide bonds. The van der Waals surface area contributed by atoms with Gasteiger partial charge in [-0.15, -0.1) is 0 Å². The molecule has 0 saturated heterocycles. The lowest BCUT2D eigenvalue weighted by atomic mass is 10.4. The van der Waals surface area contributed by atoms with E-state index in [-0.39, 0.29) is 11.8 Å². The summed E-state index contributed by atoms with van der Waals surface area (Å²) in [4.78, 5) is 16.6. The molecule has 16 heavy (non-hydrogen) atoms. The van der Waals surface area contributed by atoms with Gasteiger partial charge in [0.1, 0.15) is 5.01 Å². The Morgan fingerprint density at radius 3 is 3.19 bits per heavy atom. The average Bonchev–Trinajstić information content (AvgIpc) is 2.93. The summed E-state index contributed by atoms with van der Waals surface area (Å²) in [7, 11) is 0. The van der Waals surface area contributed by atoms with Crippen molar-refractivity contribution in [1.29, 1.82) is 0 Å². The molecular formula is C10H12N4OS. The molecule has 1 fully saturated rings. The third-order valence-corrected chi connectivity index (χ3v) is 3.49. The summed E-state index contributed by atoms with van der Waals surface area (Å²) in [5.41, 5.74) is 0.965. The normalized spacial score (nSPS) is 15.6. The Hall–Kier alpha value is -1.43. The van der Waals surface area contributed by atoms with Crippen molar-refractivity contribution in [3.63, 3.8) is 0 Å². The van der Waals surface area contributed by atoms with Crippen molar-refractivity contribution in [2.24, 2.45) is 5.92 Å². The molecule has 0 radical (unpaired) electrons. The molecule has 3 rings (SSSR count). The summed E-state index contributed by atoms with van der Waals surface area (Å²) in [6.45, 7) is 2.46. The largest absolute Gasteiger partial charge is 0.349 e. The monoisotopic (exact) mass is 236 g/mol. The SMILES string of the molecule is Cc1cn2nc(CNC(=O)C3CC3)sc2n1. The molecule has 2 aromatic heterocycles. The molecule has 0 spiro atoms. The standard InChI is InChI=1S/C10H12N4OS/c1-6-5-14-10(12-6)16-8(13-14)4-11-9(15)7-2-3-7/h5,7H,2-4H2,1H3,(H,11,15). The van der Waals surface area contributed by atoms with E-state index in [1.807, 2.05) is 13.1 Å². The molecule has 0 aliphatic heterocycles. The molecule has 0 unspecified atom stereocenters. The maximum Gasteiger partial charge on any atom is 0.223 e. The van der Waals surface area contributed by atoms with Crippen molar-refractivity contribution in [3.8, 4) is 0 Å². The van der Waals surface area contributed by atoms with E-state index < -0.39 is 0 Å². The van der Waals surface area contributed by atoms with Crippen LogP contribution in [0.2, 0.25) is 0 Å². The molecular weight excluding hydrogens is 224 g/mol. The summed E-state index contributed by atoms with van der Waals surface area (Å²) in [6, 6.07) is 0. The number of hydrogen-bond donors (Lipinski definition) is 1. The van der Waals surface area contributed by atoms with Crippen molar-refractivity contribution < 1.29 is 4.79 Å². The minimum absolute atomic E-state index is 0.157. The zero-order chi connectivity index (χ0) is 11.1. The number of carbonyl (C=O) groups is 1. The first-order valence-electron chi connectivity index (χ1n) is 5.32. The molecule has 2 heterocycles. The number of rotatable bonds is 3. The Kier molecular flexibility index (Phi) is 2.17. The molecule has 0 aromatic carbocycles. The fourth-order valence-corrected chi connectivity index (χ4v) is 2.43. The van der Waals surface area contributed by atoms with Crippen LogP contribution in [-0.4, -0.2) is 20.5 Å². The molecule has 1 saturated carbocycles. The van der Waals surface area contributed by atoms with Gasteiger partial charge in [0, 0.05) is 5.92 Å². The fraction of sp³-hybridized carbons (Fsp3) is 0.500. The van der Waals surface area contributed by atoms with Gasteiger partial charge < -0.3 is 5.32 Å². The molecule has 1 aliphatic carbocycles. The number of aryl methyl sites for hydroxylation is 1. The van der Waals surface area contributed by atoms with E-state index in [2.05, 4.69) is 15.4 Å². The second-order valence-electron chi connectivity index (χ2n) is 4.10. The highest BCUT2D eigenvalue weighted by Crippen LogP contribution is 2.28. The molecule has 1 N–H and O–H groups in total. The van der Waals surface area contributed by atoms with Crippen LogP contribution >= 0.6 is 11.3 Å². The number of hydrogen-bond acceptors (Lipinski definition) is 4. The van der Waals surface area contributed by atoms with Crippen molar-refractivity contribution >= 4 is 22.2 Å². The van der Waals surface area contributed by atoms with Crippen LogP contribution in [0.5, 0.6) is 0 Å². The minimum atomic E-state index is 0.157. The number of aromatic nitrogens is 3. The van der Waals surface area contributed by atoms with Crippen LogP contribution in [0.4, 0.5) is 0 Å². The van der Waals surface area contributed by atoms with Crippen molar-refractivity contribution in [2.75, 3.05) is 0 Å². The predicted octanol–water partition coefficient (Wildman–Crippen LogP) is 1.13. The van der Waals surface area contributed by atoms with Crippen LogP contribution in [0.25, 0.3) is 4.96 Å². The highest BCUT2D eigenvalue weighted by atomic mass is 32.1. The molecule has 2 aromatic rings.